The minimum atomic E-state index is -0.854. The molecule has 0 saturated heterocycles. The minimum Gasteiger partial charge on any atom is -0.472 e. The highest BCUT2D eigenvalue weighted by molar-refractivity contribution is 7.19. The third-order valence-corrected chi connectivity index (χ3v) is 4.45. The zero-order valence-electron chi connectivity index (χ0n) is 10.1. The molecule has 18 heavy (non-hydrogen) atoms. The highest BCUT2D eigenvalue weighted by Gasteiger charge is 2.26. The van der Waals surface area contributed by atoms with Gasteiger partial charge in [-0.3, -0.25) is 0 Å². The van der Waals surface area contributed by atoms with E-state index in [1.54, 1.807) is 23.9 Å². The lowest BCUT2D eigenvalue weighted by Crippen LogP contribution is -2.22. The van der Waals surface area contributed by atoms with Crippen LogP contribution < -0.4 is 0 Å². The van der Waals surface area contributed by atoms with Gasteiger partial charge in [0.05, 0.1) is 12.5 Å². The van der Waals surface area contributed by atoms with Crippen molar-refractivity contribution in [3.63, 3.8) is 0 Å². The lowest BCUT2D eigenvalue weighted by Gasteiger charge is -2.20. The molecular weight excluding hydrogens is 244 g/mol. The molecule has 1 N–H and O–H groups in total. The SMILES string of the molecule is CC(O)(Cc1ccoc1)c1cc2ccccc2s1. The molecule has 0 fully saturated rings. The summed E-state index contributed by atoms with van der Waals surface area (Å²) in [4.78, 5) is 0.991. The average molecular weight is 258 g/mol. The highest BCUT2D eigenvalue weighted by atomic mass is 32.1. The first-order valence-electron chi connectivity index (χ1n) is 5.88. The van der Waals surface area contributed by atoms with E-state index in [-0.39, 0.29) is 0 Å². The predicted molar refractivity (Wildman–Crippen MR) is 73.8 cm³/mol. The molecule has 0 aliphatic rings. The van der Waals surface area contributed by atoms with Crippen LogP contribution in [0, 0.1) is 0 Å². The second-order valence-corrected chi connectivity index (χ2v) is 5.81. The second-order valence-electron chi connectivity index (χ2n) is 4.73. The summed E-state index contributed by atoms with van der Waals surface area (Å²) in [6, 6.07) is 12.2. The molecule has 2 aromatic heterocycles. The van der Waals surface area contributed by atoms with Gasteiger partial charge in [-0.15, -0.1) is 11.3 Å². The monoisotopic (exact) mass is 258 g/mol. The molecule has 1 aromatic carbocycles. The number of hydrogen-bond acceptors (Lipinski definition) is 3. The van der Waals surface area contributed by atoms with Gasteiger partial charge in [0.25, 0.3) is 0 Å². The van der Waals surface area contributed by atoms with Gasteiger partial charge in [0.15, 0.2) is 0 Å². The van der Waals surface area contributed by atoms with E-state index in [4.69, 9.17) is 4.42 Å². The molecule has 2 nitrogen and oxygen atoms in total. The molecule has 0 radical (unpaired) electrons. The number of rotatable bonds is 3. The van der Waals surface area contributed by atoms with Crippen molar-refractivity contribution in [3.8, 4) is 0 Å². The summed E-state index contributed by atoms with van der Waals surface area (Å²) < 4.78 is 6.26. The van der Waals surface area contributed by atoms with Crippen LogP contribution in [0.25, 0.3) is 10.1 Å². The Morgan fingerprint density at radius 1 is 1.28 bits per heavy atom. The first-order valence-corrected chi connectivity index (χ1v) is 6.69. The Hall–Kier alpha value is -1.58. The Labute approximate surface area is 109 Å². The normalized spacial score (nSPS) is 14.8. The maximum absolute atomic E-state index is 10.6. The summed E-state index contributed by atoms with van der Waals surface area (Å²) in [7, 11) is 0. The van der Waals surface area contributed by atoms with E-state index < -0.39 is 5.60 Å². The number of hydrogen-bond donors (Lipinski definition) is 1. The van der Waals surface area contributed by atoms with Crippen LogP contribution in [0.15, 0.2) is 53.3 Å². The number of thiophene rings is 1. The standard InChI is InChI=1S/C15H14O2S/c1-15(16,9-11-6-7-17-10-11)14-8-12-4-2-3-5-13(12)18-14/h2-8,10,16H,9H2,1H3. The number of fused-ring (bicyclic) bond motifs is 1. The van der Waals surface area contributed by atoms with Crippen molar-refractivity contribution in [2.24, 2.45) is 0 Å². The molecule has 0 amide bonds. The van der Waals surface area contributed by atoms with Crippen LogP contribution in [0.4, 0.5) is 0 Å². The van der Waals surface area contributed by atoms with Crippen LogP contribution in [-0.2, 0) is 12.0 Å². The van der Waals surface area contributed by atoms with Gasteiger partial charge in [0, 0.05) is 16.0 Å². The van der Waals surface area contributed by atoms with Crippen molar-refractivity contribution in [2.75, 3.05) is 0 Å². The molecule has 3 heteroatoms. The molecule has 0 aliphatic heterocycles. The van der Waals surface area contributed by atoms with Gasteiger partial charge in [-0.2, -0.15) is 0 Å². The highest BCUT2D eigenvalue weighted by Crippen LogP contribution is 2.35. The Bertz CT molecular complexity index is 617. The molecule has 0 saturated carbocycles. The Balaban J connectivity index is 1.97. The second kappa shape index (κ2) is 4.26. The predicted octanol–water partition coefficient (Wildman–Crippen LogP) is 3.94. The summed E-state index contributed by atoms with van der Waals surface area (Å²) >= 11 is 1.65. The maximum Gasteiger partial charge on any atom is 0.100 e. The van der Waals surface area contributed by atoms with Crippen molar-refractivity contribution in [1.82, 2.24) is 0 Å². The summed E-state index contributed by atoms with van der Waals surface area (Å²) in [6.07, 6.45) is 3.88. The zero-order chi connectivity index (χ0) is 12.6. The van der Waals surface area contributed by atoms with Crippen LogP contribution in [0.5, 0.6) is 0 Å². The number of benzene rings is 1. The van der Waals surface area contributed by atoms with Crippen molar-refractivity contribution < 1.29 is 9.52 Å². The third-order valence-electron chi connectivity index (χ3n) is 3.08. The van der Waals surface area contributed by atoms with Crippen LogP contribution in [0.2, 0.25) is 0 Å². The molecule has 0 spiro atoms. The van der Waals surface area contributed by atoms with Crippen LogP contribution in [0.1, 0.15) is 17.4 Å². The molecule has 0 aliphatic carbocycles. The summed E-state index contributed by atoms with van der Waals surface area (Å²) in [5.74, 6) is 0. The fourth-order valence-electron chi connectivity index (χ4n) is 2.13. The lowest BCUT2D eigenvalue weighted by molar-refractivity contribution is 0.0614. The van der Waals surface area contributed by atoms with Crippen LogP contribution in [-0.4, -0.2) is 5.11 Å². The van der Waals surface area contributed by atoms with E-state index in [0.717, 1.165) is 10.4 Å². The van der Waals surface area contributed by atoms with E-state index in [1.807, 2.05) is 25.1 Å². The van der Waals surface area contributed by atoms with Gasteiger partial charge < -0.3 is 9.52 Å². The Morgan fingerprint density at radius 3 is 2.83 bits per heavy atom. The molecule has 1 unspecified atom stereocenters. The molecular formula is C15H14O2S. The molecule has 3 aromatic rings. The molecule has 3 rings (SSSR count). The van der Waals surface area contributed by atoms with Gasteiger partial charge in [0.2, 0.25) is 0 Å². The molecule has 0 bridgehead atoms. The number of aliphatic hydroxyl groups is 1. The largest absolute Gasteiger partial charge is 0.472 e. The Morgan fingerprint density at radius 2 is 2.11 bits per heavy atom. The van der Waals surface area contributed by atoms with Gasteiger partial charge in [-0.05, 0) is 36.1 Å². The summed E-state index contributed by atoms with van der Waals surface area (Å²) in [6.45, 7) is 1.85. The smallest absolute Gasteiger partial charge is 0.100 e. The topological polar surface area (TPSA) is 33.4 Å². The summed E-state index contributed by atoms with van der Waals surface area (Å²) in [5, 5.41) is 11.8. The minimum absolute atomic E-state index is 0.566. The van der Waals surface area contributed by atoms with E-state index in [9.17, 15) is 5.11 Å². The quantitative estimate of drug-likeness (QED) is 0.771. The van der Waals surface area contributed by atoms with Crippen molar-refractivity contribution in [3.05, 3.63) is 59.4 Å². The number of furan rings is 1. The molecule has 2 heterocycles. The Kier molecular flexibility index (Phi) is 2.73. The maximum atomic E-state index is 10.6. The van der Waals surface area contributed by atoms with E-state index >= 15 is 0 Å². The first-order chi connectivity index (χ1) is 8.65. The first kappa shape index (κ1) is 11.5. The average Bonchev–Trinajstić information content (AvgIpc) is 2.96. The van der Waals surface area contributed by atoms with Crippen molar-refractivity contribution in [2.45, 2.75) is 18.9 Å². The van der Waals surface area contributed by atoms with Gasteiger partial charge in [-0.25, -0.2) is 0 Å². The van der Waals surface area contributed by atoms with E-state index in [2.05, 4.69) is 18.2 Å². The van der Waals surface area contributed by atoms with Crippen molar-refractivity contribution >= 4 is 21.4 Å². The van der Waals surface area contributed by atoms with E-state index in [0.29, 0.717) is 6.42 Å². The van der Waals surface area contributed by atoms with E-state index in [1.165, 1.54) is 10.1 Å². The fourth-order valence-corrected chi connectivity index (χ4v) is 3.23. The zero-order valence-corrected chi connectivity index (χ0v) is 10.9. The lowest BCUT2D eigenvalue weighted by atomic mass is 9.96. The van der Waals surface area contributed by atoms with Crippen LogP contribution in [0.3, 0.4) is 0 Å². The van der Waals surface area contributed by atoms with Gasteiger partial charge >= 0.3 is 0 Å². The van der Waals surface area contributed by atoms with Crippen molar-refractivity contribution in [1.29, 1.82) is 0 Å². The van der Waals surface area contributed by atoms with Gasteiger partial charge in [0.1, 0.15) is 5.60 Å². The summed E-state index contributed by atoms with van der Waals surface area (Å²) in [5.41, 5.74) is 0.158. The fraction of sp³-hybridized carbons (Fsp3) is 0.200. The third kappa shape index (κ3) is 2.07. The molecule has 1 atom stereocenters. The van der Waals surface area contributed by atoms with Crippen LogP contribution >= 0.6 is 11.3 Å². The van der Waals surface area contributed by atoms with Gasteiger partial charge in [-0.1, -0.05) is 18.2 Å². The molecule has 92 valence electrons.